The average molecular weight is 716 g/mol. The molecule has 0 aliphatic carbocycles. The van der Waals surface area contributed by atoms with Gasteiger partial charge in [-0.1, -0.05) is 24.5 Å². The van der Waals surface area contributed by atoms with E-state index in [1.807, 2.05) is 26.0 Å². The van der Waals surface area contributed by atoms with Gasteiger partial charge in [-0.3, -0.25) is 13.9 Å². The molecule has 0 fully saturated rings. The minimum absolute atomic E-state index is 0.158. The third-order valence-corrected chi connectivity index (χ3v) is 12.4. The van der Waals surface area contributed by atoms with E-state index >= 15 is 0 Å². The van der Waals surface area contributed by atoms with Crippen LogP contribution in [0.2, 0.25) is 0 Å². The SMILES string of the molecule is Cc1ccc2c(c1)C(C)(CCCCCC(=O)O)C1=[N+]2CCC2Oc3cc4c(cc3C=C12)C(CS(=O)(=O)O)CC(C)(C)N4CCCS(=O)(=O)O. The number of nitrogens with zero attached hydrogens (tertiary/aromatic N) is 2. The van der Waals surface area contributed by atoms with Crippen molar-refractivity contribution in [2.45, 2.75) is 102 Å². The lowest BCUT2D eigenvalue weighted by atomic mass is 9.71. The second-order valence-corrected chi connectivity index (χ2v) is 18.1. The Labute approximate surface area is 289 Å². The summed E-state index contributed by atoms with van der Waals surface area (Å²) < 4.78 is 76.0. The fourth-order valence-corrected chi connectivity index (χ4v) is 9.98. The summed E-state index contributed by atoms with van der Waals surface area (Å²) in [5.41, 5.74) is 7.26. The molecule has 0 saturated carbocycles. The summed E-state index contributed by atoms with van der Waals surface area (Å²) in [6, 6.07) is 10.5. The number of aliphatic carboxylic acids is 1. The number of fused-ring (bicyclic) bond motifs is 6. The zero-order chi connectivity index (χ0) is 35.5. The van der Waals surface area contributed by atoms with Crippen molar-refractivity contribution in [3.63, 3.8) is 0 Å². The van der Waals surface area contributed by atoms with Crippen LogP contribution in [0, 0.1) is 6.92 Å². The number of carboxylic acids is 1. The highest BCUT2D eigenvalue weighted by atomic mass is 32.2. The standard InChI is InChI=1S/C36H46N2O9S2/c1-23-10-11-29-28(17-23)36(4,13-7-5-6-9-33(39)40)34-27-19-24-18-26-25(22-49(44,45)46)21-35(2,3)38(14-8-16-48(41,42)43)30(26)20-32(24)47-31(27)12-15-37(29)34/h10-11,17-20,25,31H,5-9,12-16,21-22H2,1-4H3,(H2-,39,40,41,42,43,44,45,46)/p+1. The monoisotopic (exact) mass is 715 g/mol. The molecule has 4 heterocycles. The van der Waals surface area contributed by atoms with E-state index in [4.69, 9.17) is 9.84 Å². The number of benzene rings is 2. The first kappa shape index (κ1) is 35.6. The zero-order valence-electron chi connectivity index (χ0n) is 28.6. The second-order valence-electron chi connectivity index (χ2n) is 15.0. The van der Waals surface area contributed by atoms with Crippen molar-refractivity contribution in [3.05, 3.63) is 58.2 Å². The summed E-state index contributed by atoms with van der Waals surface area (Å²) in [7, 11) is -8.47. The number of anilines is 1. The topological polar surface area (TPSA) is 162 Å². The van der Waals surface area contributed by atoms with Crippen molar-refractivity contribution in [2.75, 3.05) is 29.5 Å². The molecule has 13 heteroatoms. The number of hydrogen-bond donors (Lipinski definition) is 3. The minimum atomic E-state index is -4.31. The zero-order valence-corrected chi connectivity index (χ0v) is 30.2. The second kappa shape index (κ2) is 12.8. The number of carboxylic acid groups (broad SMARTS) is 1. The van der Waals surface area contributed by atoms with Crippen molar-refractivity contribution in [3.8, 4) is 5.75 Å². The molecule has 266 valence electrons. The molecule has 11 nitrogen and oxygen atoms in total. The number of rotatable bonds is 12. The molecule has 2 aromatic carbocycles. The normalized spacial score (nSPS) is 23.9. The highest BCUT2D eigenvalue weighted by molar-refractivity contribution is 7.86. The molecule has 49 heavy (non-hydrogen) atoms. The first-order chi connectivity index (χ1) is 22.9. The summed E-state index contributed by atoms with van der Waals surface area (Å²) in [6.07, 6.45) is 6.62. The van der Waals surface area contributed by atoms with Gasteiger partial charge in [0.25, 0.3) is 20.2 Å². The molecule has 0 amide bonds. The third kappa shape index (κ3) is 7.17. The average Bonchev–Trinajstić information content (AvgIpc) is 3.22. The molecule has 0 aromatic heterocycles. The van der Waals surface area contributed by atoms with E-state index in [0.717, 1.165) is 54.6 Å². The van der Waals surface area contributed by atoms with Crippen LogP contribution in [0.25, 0.3) is 6.08 Å². The predicted octanol–water partition coefficient (Wildman–Crippen LogP) is 5.87. The van der Waals surface area contributed by atoms with Gasteiger partial charge < -0.3 is 14.7 Å². The maximum Gasteiger partial charge on any atom is 0.303 e. The first-order valence-electron chi connectivity index (χ1n) is 17.1. The molecule has 3 unspecified atom stereocenters. The summed E-state index contributed by atoms with van der Waals surface area (Å²) in [4.78, 5) is 13.2. The van der Waals surface area contributed by atoms with Gasteiger partial charge in [-0.2, -0.15) is 21.4 Å². The smallest absolute Gasteiger partial charge is 0.303 e. The van der Waals surface area contributed by atoms with E-state index in [-0.39, 0.29) is 24.4 Å². The largest absolute Gasteiger partial charge is 0.485 e. The van der Waals surface area contributed by atoms with Crippen molar-refractivity contribution in [1.29, 1.82) is 0 Å². The van der Waals surface area contributed by atoms with Gasteiger partial charge >= 0.3 is 5.97 Å². The van der Waals surface area contributed by atoms with Crippen molar-refractivity contribution in [1.82, 2.24) is 0 Å². The molecule has 4 aliphatic rings. The summed E-state index contributed by atoms with van der Waals surface area (Å²) >= 11 is 0. The fraction of sp³-hybridized carbons (Fsp3) is 0.556. The van der Waals surface area contributed by atoms with E-state index in [9.17, 15) is 30.7 Å². The van der Waals surface area contributed by atoms with Gasteiger partial charge in [-0.15, -0.1) is 0 Å². The molecule has 3 N–H and O–H groups in total. The Bertz CT molecular complexity index is 1970. The number of unbranched alkanes of at least 4 members (excludes halogenated alkanes) is 2. The molecule has 6 rings (SSSR count). The number of aryl methyl sites for hydroxylation is 1. The Morgan fingerprint density at radius 3 is 2.47 bits per heavy atom. The molecule has 3 atom stereocenters. The molecule has 0 saturated heterocycles. The Morgan fingerprint density at radius 2 is 1.78 bits per heavy atom. The highest BCUT2D eigenvalue weighted by Gasteiger charge is 2.54. The van der Waals surface area contributed by atoms with Gasteiger partial charge in [0.15, 0.2) is 12.3 Å². The Hall–Kier alpha value is -3.26. The van der Waals surface area contributed by atoms with Crippen LogP contribution in [0.15, 0.2) is 35.9 Å². The van der Waals surface area contributed by atoms with Crippen LogP contribution in [0.3, 0.4) is 0 Å². The van der Waals surface area contributed by atoms with Gasteiger partial charge in [0, 0.05) is 59.8 Å². The van der Waals surface area contributed by atoms with Crippen LogP contribution in [-0.4, -0.2) is 83.5 Å². The van der Waals surface area contributed by atoms with Gasteiger partial charge in [-0.05, 0) is 77.2 Å². The first-order valence-corrected chi connectivity index (χ1v) is 20.3. The Kier molecular flexibility index (Phi) is 9.30. The van der Waals surface area contributed by atoms with E-state index in [1.165, 1.54) is 22.5 Å². The number of hydrogen-bond acceptors (Lipinski definition) is 7. The number of carbonyl (C=O) groups is 1. The van der Waals surface area contributed by atoms with Crippen molar-refractivity contribution < 1.29 is 45.2 Å². The van der Waals surface area contributed by atoms with Crippen LogP contribution >= 0.6 is 0 Å². The minimum Gasteiger partial charge on any atom is -0.485 e. The van der Waals surface area contributed by atoms with E-state index in [0.29, 0.717) is 25.1 Å². The lowest BCUT2D eigenvalue weighted by Gasteiger charge is -2.48. The van der Waals surface area contributed by atoms with Crippen LogP contribution < -0.4 is 9.64 Å². The van der Waals surface area contributed by atoms with Crippen LogP contribution in [0.4, 0.5) is 11.4 Å². The van der Waals surface area contributed by atoms with Crippen molar-refractivity contribution in [2.24, 2.45) is 0 Å². The molecule has 4 aliphatic heterocycles. The molecule has 2 aromatic rings. The van der Waals surface area contributed by atoms with E-state index < -0.39 is 49.2 Å². The van der Waals surface area contributed by atoms with E-state index in [1.54, 1.807) is 0 Å². The molecular formula is C36H47N2O9S2+. The molecule has 0 spiro atoms. The van der Waals surface area contributed by atoms with Gasteiger partial charge in [-0.25, -0.2) is 0 Å². The van der Waals surface area contributed by atoms with Gasteiger partial charge in [0.1, 0.15) is 11.9 Å². The van der Waals surface area contributed by atoms with Crippen molar-refractivity contribution >= 4 is 49.4 Å². The Morgan fingerprint density at radius 1 is 1.02 bits per heavy atom. The summed E-state index contributed by atoms with van der Waals surface area (Å²) in [6.45, 7) is 9.39. The van der Waals surface area contributed by atoms with Crippen LogP contribution in [0.5, 0.6) is 5.75 Å². The maximum absolute atomic E-state index is 12.2. The predicted molar refractivity (Wildman–Crippen MR) is 189 cm³/mol. The van der Waals surface area contributed by atoms with Crippen LogP contribution in [-0.2, 0) is 30.4 Å². The lowest BCUT2D eigenvalue weighted by molar-refractivity contribution is -0.444. The quantitative estimate of drug-likeness (QED) is 0.138. The lowest BCUT2D eigenvalue weighted by Crippen LogP contribution is -2.50. The van der Waals surface area contributed by atoms with Gasteiger partial charge in [0.05, 0.1) is 22.5 Å². The highest BCUT2D eigenvalue weighted by Crippen LogP contribution is 2.52. The maximum atomic E-state index is 12.2. The third-order valence-electron chi connectivity index (χ3n) is 10.8. The number of ether oxygens (including phenoxy) is 1. The van der Waals surface area contributed by atoms with Gasteiger partial charge in [0.2, 0.25) is 5.69 Å². The molecule has 0 radical (unpaired) electrons. The van der Waals surface area contributed by atoms with E-state index in [2.05, 4.69) is 47.6 Å². The Balaban J connectivity index is 1.43. The molecular weight excluding hydrogens is 669 g/mol. The fourth-order valence-electron chi connectivity index (χ4n) is 8.68. The van der Waals surface area contributed by atoms with Crippen LogP contribution in [0.1, 0.15) is 100 Å². The summed E-state index contributed by atoms with van der Waals surface area (Å²) in [5.74, 6) is -1.47. The summed E-state index contributed by atoms with van der Waals surface area (Å²) in [5, 5.41) is 9.14. The molecule has 0 bridgehead atoms.